The van der Waals surface area contributed by atoms with Gasteiger partial charge in [0.15, 0.2) is 11.6 Å². The summed E-state index contributed by atoms with van der Waals surface area (Å²) in [5.41, 5.74) is 4.18. The zero-order valence-corrected chi connectivity index (χ0v) is 13.7. The van der Waals surface area contributed by atoms with Crippen molar-refractivity contribution in [3.05, 3.63) is 54.5 Å². The van der Waals surface area contributed by atoms with E-state index in [0.29, 0.717) is 28.0 Å². The fourth-order valence-corrected chi connectivity index (χ4v) is 3.02. The highest BCUT2D eigenvalue weighted by Crippen LogP contribution is 2.32. The van der Waals surface area contributed by atoms with Crippen molar-refractivity contribution >= 4 is 21.9 Å². The molecule has 0 spiro atoms. The van der Waals surface area contributed by atoms with E-state index < -0.39 is 5.82 Å². The van der Waals surface area contributed by atoms with Crippen LogP contribution in [0, 0.1) is 12.7 Å². The first-order valence-electron chi connectivity index (χ1n) is 7.96. The van der Waals surface area contributed by atoms with Gasteiger partial charge in [-0.3, -0.25) is 20.1 Å². The molecule has 8 heteroatoms. The van der Waals surface area contributed by atoms with Gasteiger partial charge in [-0.2, -0.15) is 5.10 Å². The van der Waals surface area contributed by atoms with Crippen LogP contribution in [0.25, 0.3) is 44.7 Å². The highest BCUT2D eigenvalue weighted by Gasteiger charge is 2.20. The molecule has 5 aromatic rings. The molecule has 0 saturated heterocycles. The van der Waals surface area contributed by atoms with E-state index in [1.807, 2.05) is 13.0 Å². The molecule has 126 valence electrons. The van der Waals surface area contributed by atoms with Crippen LogP contribution < -0.4 is 0 Å². The maximum Gasteiger partial charge on any atom is 0.161 e. The third kappa shape index (κ3) is 2.08. The van der Waals surface area contributed by atoms with Crippen molar-refractivity contribution in [2.45, 2.75) is 6.92 Å². The topological polar surface area (TPSA) is 96.0 Å². The van der Waals surface area contributed by atoms with Crippen LogP contribution in [-0.2, 0) is 0 Å². The minimum Gasteiger partial charge on any atom is -0.335 e. The predicted molar refractivity (Wildman–Crippen MR) is 94.7 cm³/mol. The summed E-state index contributed by atoms with van der Waals surface area (Å²) in [5.74, 6) is 0.0131. The van der Waals surface area contributed by atoms with E-state index in [0.717, 1.165) is 16.6 Å². The lowest BCUT2D eigenvalue weighted by Gasteiger charge is -2.06. The van der Waals surface area contributed by atoms with E-state index in [-0.39, 0.29) is 5.69 Å². The number of halogens is 1. The Kier molecular flexibility index (Phi) is 3.05. The monoisotopic (exact) mass is 345 g/mol. The zero-order valence-electron chi connectivity index (χ0n) is 13.7. The average molecular weight is 345 g/mol. The van der Waals surface area contributed by atoms with E-state index in [9.17, 15) is 0 Å². The van der Waals surface area contributed by atoms with Gasteiger partial charge in [0.1, 0.15) is 11.4 Å². The first-order chi connectivity index (χ1) is 12.7. The second kappa shape index (κ2) is 5.41. The summed E-state index contributed by atoms with van der Waals surface area (Å²) >= 11 is 0. The first kappa shape index (κ1) is 14.6. The van der Waals surface area contributed by atoms with E-state index in [1.165, 1.54) is 0 Å². The SMILES string of the molecule is Cc1ccncc1-c1ncc2[nH]nc(-c3nc4ccncc4[nH]3)c2c1F. The molecule has 0 unspecified atom stereocenters. The Balaban J connectivity index is 1.77. The van der Waals surface area contributed by atoms with Crippen LogP contribution in [0.2, 0.25) is 0 Å². The van der Waals surface area contributed by atoms with Gasteiger partial charge in [0, 0.05) is 24.2 Å². The summed E-state index contributed by atoms with van der Waals surface area (Å²) in [6, 6.07) is 3.61. The van der Waals surface area contributed by atoms with Gasteiger partial charge in [0.25, 0.3) is 0 Å². The van der Waals surface area contributed by atoms with Gasteiger partial charge in [-0.15, -0.1) is 0 Å². The Hall–Kier alpha value is -3.68. The zero-order chi connectivity index (χ0) is 17.7. The molecule has 5 heterocycles. The van der Waals surface area contributed by atoms with Gasteiger partial charge < -0.3 is 4.98 Å². The molecular weight excluding hydrogens is 333 g/mol. The fraction of sp³-hybridized carbons (Fsp3) is 0.0556. The molecule has 0 fully saturated rings. The standard InChI is InChI=1S/C18H12FN7/c1-9-2-4-20-6-10(9)16-15(19)14-13(8-22-16)25-26-17(14)18-23-11-3-5-21-7-12(11)24-18/h2-8H,1H3,(H,23,24)(H,25,26). The third-order valence-corrected chi connectivity index (χ3v) is 4.35. The highest BCUT2D eigenvalue weighted by molar-refractivity contribution is 5.95. The number of nitrogens with one attached hydrogen (secondary N) is 2. The number of nitrogens with zero attached hydrogens (tertiary/aromatic N) is 5. The minimum absolute atomic E-state index is 0.239. The number of imidazole rings is 1. The summed E-state index contributed by atoms with van der Waals surface area (Å²) in [6.07, 6.45) is 8.17. The molecular formula is C18H12FN7. The van der Waals surface area contributed by atoms with Gasteiger partial charge in [-0.1, -0.05) is 0 Å². The van der Waals surface area contributed by atoms with Gasteiger partial charge in [0.05, 0.1) is 34.3 Å². The number of aromatic nitrogens is 7. The predicted octanol–water partition coefficient (Wildman–Crippen LogP) is 3.41. The smallest absolute Gasteiger partial charge is 0.161 e. The average Bonchev–Trinajstić information content (AvgIpc) is 3.27. The van der Waals surface area contributed by atoms with Gasteiger partial charge in [0.2, 0.25) is 0 Å². The van der Waals surface area contributed by atoms with E-state index in [1.54, 1.807) is 37.1 Å². The maximum absolute atomic E-state index is 15.4. The van der Waals surface area contributed by atoms with Crippen LogP contribution in [0.4, 0.5) is 4.39 Å². The molecule has 0 aliphatic rings. The van der Waals surface area contributed by atoms with Crippen LogP contribution in [0.5, 0.6) is 0 Å². The van der Waals surface area contributed by atoms with Gasteiger partial charge in [-0.25, -0.2) is 9.37 Å². The van der Waals surface area contributed by atoms with Crippen LogP contribution in [0.3, 0.4) is 0 Å². The largest absolute Gasteiger partial charge is 0.335 e. The summed E-state index contributed by atoms with van der Waals surface area (Å²) in [6.45, 7) is 1.89. The molecule has 0 aromatic carbocycles. The Labute approximate surface area is 146 Å². The number of fused-ring (bicyclic) bond motifs is 2. The fourth-order valence-electron chi connectivity index (χ4n) is 3.02. The molecule has 7 nitrogen and oxygen atoms in total. The Morgan fingerprint density at radius 3 is 2.65 bits per heavy atom. The second-order valence-electron chi connectivity index (χ2n) is 5.95. The van der Waals surface area contributed by atoms with Crippen LogP contribution in [0.15, 0.2) is 43.1 Å². The van der Waals surface area contributed by atoms with Crippen molar-refractivity contribution in [2.24, 2.45) is 0 Å². The van der Waals surface area contributed by atoms with Crippen molar-refractivity contribution < 1.29 is 4.39 Å². The quantitative estimate of drug-likeness (QED) is 0.511. The van der Waals surface area contributed by atoms with Crippen LogP contribution in [-0.4, -0.2) is 35.1 Å². The lowest BCUT2D eigenvalue weighted by atomic mass is 10.1. The summed E-state index contributed by atoms with van der Waals surface area (Å²) in [4.78, 5) is 20.0. The summed E-state index contributed by atoms with van der Waals surface area (Å²) in [7, 11) is 0. The van der Waals surface area contributed by atoms with Gasteiger partial charge >= 0.3 is 0 Å². The van der Waals surface area contributed by atoms with Crippen molar-refractivity contribution in [1.82, 2.24) is 35.1 Å². The number of H-pyrrole nitrogens is 2. The molecule has 0 aliphatic heterocycles. The Bertz CT molecular complexity index is 1240. The normalized spacial score (nSPS) is 11.5. The summed E-state index contributed by atoms with van der Waals surface area (Å²) < 4.78 is 15.4. The number of aryl methyl sites for hydroxylation is 1. The molecule has 5 aromatic heterocycles. The number of hydrogen-bond acceptors (Lipinski definition) is 5. The molecule has 0 radical (unpaired) electrons. The van der Waals surface area contributed by atoms with Crippen molar-refractivity contribution in [3.63, 3.8) is 0 Å². The van der Waals surface area contributed by atoms with Crippen molar-refractivity contribution in [2.75, 3.05) is 0 Å². The Morgan fingerprint density at radius 1 is 0.962 bits per heavy atom. The molecule has 0 aliphatic carbocycles. The number of rotatable bonds is 2. The third-order valence-electron chi connectivity index (χ3n) is 4.35. The van der Waals surface area contributed by atoms with Crippen LogP contribution >= 0.6 is 0 Å². The van der Waals surface area contributed by atoms with E-state index >= 15 is 4.39 Å². The molecule has 0 amide bonds. The molecule has 5 rings (SSSR count). The molecule has 26 heavy (non-hydrogen) atoms. The molecule has 2 N–H and O–H groups in total. The minimum atomic E-state index is -0.457. The van der Waals surface area contributed by atoms with Crippen LogP contribution in [0.1, 0.15) is 5.56 Å². The first-order valence-corrected chi connectivity index (χ1v) is 7.96. The number of pyridine rings is 3. The summed E-state index contributed by atoms with van der Waals surface area (Å²) in [5, 5.41) is 7.40. The lowest BCUT2D eigenvalue weighted by Crippen LogP contribution is -1.94. The number of aromatic amines is 2. The van der Waals surface area contributed by atoms with Crippen molar-refractivity contribution in [3.8, 4) is 22.8 Å². The highest BCUT2D eigenvalue weighted by atomic mass is 19.1. The molecule has 0 atom stereocenters. The lowest BCUT2D eigenvalue weighted by molar-refractivity contribution is 0.638. The van der Waals surface area contributed by atoms with Crippen molar-refractivity contribution in [1.29, 1.82) is 0 Å². The van der Waals surface area contributed by atoms with E-state index in [2.05, 4.69) is 35.1 Å². The van der Waals surface area contributed by atoms with Gasteiger partial charge in [-0.05, 0) is 24.6 Å². The number of hydrogen-bond donors (Lipinski definition) is 2. The molecule has 0 saturated carbocycles. The molecule has 0 bridgehead atoms. The Morgan fingerprint density at radius 2 is 1.81 bits per heavy atom. The van der Waals surface area contributed by atoms with E-state index in [4.69, 9.17) is 0 Å². The maximum atomic E-state index is 15.4. The second-order valence-corrected chi connectivity index (χ2v) is 5.95.